The molecule has 2 N–H and O–H groups in total. The molecule has 4 heterocycles. The fourth-order valence-electron chi connectivity index (χ4n) is 7.59. The Morgan fingerprint density at radius 1 is 1.14 bits per heavy atom. The molecular formula is C28H33N3O4. The highest BCUT2D eigenvalue weighted by molar-refractivity contribution is 5.77. The van der Waals surface area contributed by atoms with E-state index in [0.29, 0.717) is 38.1 Å². The fourth-order valence-corrected chi connectivity index (χ4v) is 7.59. The summed E-state index contributed by atoms with van der Waals surface area (Å²) in [6.45, 7) is 2.95. The number of piperidine rings is 1. The normalized spacial score (nSPS) is 33.1. The number of likely N-dealkylation sites (tertiary alicyclic amines) is 2. The van der Waals surface area contributed by atoms with Gasteiger partial charge in [-0.05, 0) is 80.3 Å². The highest BCUT2D eigenvalue weighted by Gasteiger charge is 2.71. The largest absolute Gasteiger partial charge is 0.504 e. The Hall–Kier alpha value is -2.64. The molecule has 5 aliphatic rings. The van der Waals surface area contributed by atoms with Crippen LogP contribution in [0.2, 0.25) is 0 Å². The minimum atomic E-state index is -0.989. The number of carbonyl (C=O) groups is 1. The van der Waals surface area contributed by atoms with E-state index in [9.17, 15) is 15.0 Å². The zero-order valence-corrected chi connectivity index (χ0v) is 20.0. The first-order valence-corrected chi connectivity index (χ1v) is 13.1. The lowest BCUT2D eigenvalue weighted by Gasteiger charge is -2.60. The van der Waals surface area contributed by atoms with Crippen LogP contribution in [0.15, 0.2) is 36.7 Å². The smallest absolute Gasteiger partial charge is 0.223 e. The Balaban J connectivity index is 1.24. The second-order valence-electron chi connectivity index (χ2n) is 11.3. The van der Waals surface area contributed by atoms with Crippen LogP contribution in [0.4, 0.5) is 0 Å². The van der Waals surface area contributed by atoms with Gasteiger partial charge in [-0.2, -0.15) is 0 Å². The number of aromatic hydroxyl groups is 1. The van der Waals surface area contributed by atoms with Gasteiger partial charge in [0, 0.05) is 43.5 Å². The number of amides is 1. The second kappa shape index (κ2) is 7.68. The van der Waals surface area contributed by atoms with Gasteiger partial charge in [0.1, 0.15) is 6.10 Å². The number of phenols is 1. The second-order valence-corrected chi connectivity index (χ2v) is 11.3. The molecule has 3 aliphatic heterocycles. The van der Waals surface area contributed by atoms with Gasteiger partial charge in [0.15, 0.2) is 11.5 Å². The molecule has 3 fully saturated rings. The summed E-state index contributed by atoms with van der Waals surface area (Å²) in [4.78, 5) is 21.9. The van der Waals surface area contributed by atoms with Gasteiger partial charge in [0.05, 0.1) is 17.6 Å². The molecule has 7 rings (SSSR count). The van der Waals surface area contributed by atoms with Crippen LogP contribution in [0.25, 0.3) is 0 Å². The maximum absolute atomic E-state index is 13.4. The summed E-state index contributed by atoms with van der Waals surface area (Å²) in [6, 6.07) is 7.67. The summed E-state index contributed by atoms with van der Waals surface area (Å²) in [5.74, 6) is 1.51. The van der Waals surface area contributed by atoms with Crippen molar-refractivity contribution in [2.45, 2.75) is 68.1 Å². The zero-order valence-electron chi connectivity index (χ0n) is 20.0. The van der Waals surface area contributed by atoms with Crippen molar-refractivity contribution in [2.75, 3.05) is 26.2 Å². The number of aryl methyl sites for hydroxylation is 1. The molecule has 1 aromatic carbocycles. The molecule has 0 unspecified atom stereocenters. The average molecular weight is 476 g/mol. The van der Waals surface area contributed by atoms with Crippen molar-refractivity contribution in [3.05, 3.63) is 53.3 Å². The highest BCUT2D eigenvalue weighted by atomic mass is 16.5. The van der Waals surface area contributed by atoms with Gasteiger partial charge in [-0.15, -0.1) is 0 Å². The molecule has 4 atom stereocenters. The fraction of sp³-hybridized carbons (Fsp3) is 0.571. The van der Waals surface area contributed by atoms with E-state index < -0.39 is 11.0 Å². The van der Waals surface area contributed by atoms with Crippen LogP contribution in [0.1, 0.15) is 48.8 Å². The van der Waals surface area contributed by atoms with Gasteiger partial charge < -0.3 is 19.8 Å². The van der Waals surface area contributed by atoms with E-state index in [1.807, 2.05) is 23.1 Å². The molecule has 0 radical (unpaired) electrons. The van der Waals surface area contributed by atoms with Gasteiger partial charge in [-0.3, -0.25) is 14.7 Å². The molecule has 7 nitrogen and oxygen atoms in total. The van der Waals surface area contributed by atoms with Crippen LogP contribution in [-0.2, 0) is 23.1 Å². The van der Waals surface area contributed by atoms with E-state index in [1.165, 1.54) is 18.4 Å². The number of hydrogen-bond donors (Lipinski definition) is 2. The van der Waals surface area contributed by atoms with E-state index in [1.54, 1.807) is 18.5 Å². The Morgan fingerprint density at radius 2 is 1.97 bits per heavy atom. The quantitative estimate of drug-likeness (QED) is 0.691. The Kier molecular flexibility index (Phi) is 4.74. The van der Waals surface area contributed by atoms with Gasteiger partial charge >= 0.3 is 0 Å². The molecule has 35 heavy (non-hydrogen) atoms. The van der Waals surface area contributed by atoms with Crippen LogP contribution < -0.4 is 4.74 Å². The van der Waals surface area contributed by atoms with Crippen molar-refractivity contribution in [1.29, 1.82) is 0 Å². The van der Waals surface area contributed by atoms with Crippen LogP contribution in [0, 0.1) is 5.92 Å². The van der Waals surface area contributed by atoms with Gasteiger partial charge in [0.2, 0.25) is 5.91 Å². The number of rotatable bonds is 5. The van der Waals surface area contributed by atoms with Crippen LogP contribution >= 0.6 is 0 Å². The van der Waals surface area contributed by atoms with E-state index in [-0.39, 0.29) is 23.8 Å². The topological polar surface area (TPSA) is 86.1 Å². The monoisotopic (exact) mass is 475 g/mol. The van der Waals surface area contributed by atoms with Crippen molar-refractivity contribution < 1.29 is 19.7 Å². The van der Waals surface area contributed by atoms with Crippen molar-refractivity contribution in [3.63, 3.8) is 0 Å². The summed E-state index contributed by atoms with van der Waals surface area (Å²) >= 11 is 0. The maximum Gasteiger partial charge on any atom is 0.223 e. The van der Waals surface area contributed by atoms with Crippen molar-refractivity contribution in [3.8, 4) is 11.5 Å². The predicted molar refractivity (Wildman–Crippen MR) is 129 cm³/mol. The number of pyridine rings is 1. The lowest BCUT2D eigenvalue weighted by atomic mass is 9.52. The molecule has 1 saturated carbocycles. The van der Waals surface area contributed by atoms with Crippen LogP contribution in [0.5, 0.6) is 11.5 Å². The van der Waals surface area contributed by atoms with Gasteiger partial charge in [0.25, 0.3) is 0 Å². The lowest BCUT2D eigenvalue weighted by molar-refractivity contribution is -0.162. The number of benzene rings is 1. The summed E-state index contributed by atoms with van der Waals surface area (Å²) in [5.41, 5.74) is 1.72. The third-order valence-electron chi connectivity index (χ3n) is 9.52. The van der Waals surface area contributed by atoms with Crippen molar-refractivity contribution >= 4 is 5.91 Å². The van der Waals surface area contributed by atoms with Crippen molar-refractivity contribution in [2.24, 2.45) is 5.92 Å². The minimum Gasteiger partial charge on any atom is -0.504 e. The van der Waals surface area contributed by atoms with E-state index >= 15 is 0 Å². The Bertz CT molecular complexity index is 1170. The Labute approximate surface area is 205 Å². The molecule has 2 saturated heterocycles. The molecular weight excluding hydrogens is 442 g/mol. The van der Waals surface area contributed by atoms with Crippen LogP contribution in [0.3, 0.4) is 0 Å². The number of carbonyl (C=O) groups excluding carboxylic acids is 1. The zero-order chi connectivity index (χ0) is 23.8. The standard InChI is InChI=1S/C28H33N3O4/c32-21-5-4-20-15-22-28(34)10-14-31(24(33)6-3-18-7-11-29-12-8-18)17-23-27(28,25(20)26(21)35-23)9-13-30(22)16-19-1-2-19/h4-5,7-8,11-12,19,22-23,32,34H,1-3,6,9-10,13-17H2/t22-,23+,27-,28-/m1/s1. The maximum atomic E-state index is 13.4. The summed E-state index contributed by atoms with van der Waals surface area (Å²) in [5, 5.41) is 23.4. The van der Waals surface area contributed by atoms with Crippen LogP contribution in [-0.4, -0.2) is 74.8 Å². The molecule has 1 amide bonds. The third-order valence-corrected chi connectivity index (χ3v) is 9.52. The molecule has 1 spiro atoms. The van der Waals surface area contributed by atoms with Gasteiger partial charge in [-0.1, -0.05) is 6.07 Å². The predicted octanol–water partition coefficient (Wildman–Crippen LogP) is 2.42. The average Bonchev–Trinajstić information content (AvgIpc) is 3.63. The first-order valence-electron chi connectivity index (χ1n) is 13.1. The molecule has 2 aromatic rings. The lowest BCUT2D eigenvalue weighted by Crippen LogP contribution is -2.74. The first kappa shape index (κ1) is 21.6. The molecule has 7 heteroatoms. The van der Waals surface area contributed by atoms with Crippen molar-refractivity contribution in [1.82, 2.24) is 14.8 Å². The number of aliphatic hydroxyl groups is 1. The van der Waals surface area contributed by atoms with E-state index in [4.69, 9.17) is 4.74 Å². The van der Waals surface area contributed by atoms with E-state index in [0.717, 1.165) is 43.0 Å². The number of aromatic nitrogens is 1. The highest BCUT2D eigenvalue weighted by Crippen LogP contribution is 2.63. The minimum absolute atomic E-state index is 0.0119. The number of nitrogens with zero attached hydrogens (tertiary/aromatic N) is 3. The number of hydrogen-bond acceptors (Lipinski definition) is 6. The summed E-state index contributed by atoms with van der Waals surface area (Å²) < 4.78 is 6.50. The number of ether oxygens (including phenoxy) is 1. The Morgan fingerprint density at radius 3 is 2.77 bits per heavy atom. The first-order chi connectivity index (χ1) is 17.0. The molecule has 1 aromatic heterocycles. The SMILES string of the molecule is O=C(CCc1ccncc1)N1CC[C@@]2(O)[C@H]3Cc4ccc(O)c5c4[C@@]2(CCN3CC2CC2)[C@H](C1)O5. The molecule has 2 bridgehead atoms. The summed E-state index contributed by atoms with van der Waals surface area (Å²) in [6.07, 6.45) is 8.91. The molecule has 184 valence electrons. The number of phenolic OH excluding ortho intramolecular Hbond substituents is 1. The third kappa shape index (κ3) is 3.10. The molecule has 2 aliphatic carbocycles. The van der Waals surface area contributed by atoms with Gasteiger partial charge in [-0.25, -0.2) is 0 Å². The summed E-state index contributed by atoms with van der Waals surface area (Å²) in [7, 11) is 0. The van der Waals surface area contributed by atoms with E-state index in [2.05, 4.69) is 9.88 Å².